The summed E-state index contributed by atoms with van der Waals surface area (Å²) in [7, 11) is 0. The van der Waals surface area contributed by atoms with Crippen molar-refractivity contribution >= 4 is 10.9 Å². The van der Waals surface area contributed by atoms with E-state index >= 15 is 0 Å². The van der Waals surface area contributed by atoms with Crippen LogP contribution in [0.3, 0.4) is 0 Å². The van der Waals surface area contributed by atoms with E-state index in [1.807, 2.05) is 35.1 Å². The van der Waals surface area contributed by atoms with Crippen LogP contribution in [0.15, 0.2) is 54.7 Å². The molecule has 3 rings (SSSR count). The first-order valence-electron chi connectivity index (χ1n) is 6.55. The van der Waals surface area contributed by atoms with Crippen LogP contribution in [0.2, 0.25) is 0 Å². The third kappa shape index (κ3) is 2.56. The van der Waals surface area contributed by atoms with Crippen LogP contribution in [0.1, 0.15) is 11.1 Å². The quantitative estimate of drug-likeness (QED) is 0.720. The molecule has 0 aliphatic rings. The Bertz CT molecular complexity index is 790. The molecule has 0 spiro atoms. The van der Waals surface area contributed by atoms with Crippen LogP contribution in [0.25, 0.3) is 10.9 Å². The van der Waals surface area contributed by atoms with Gasteiger partial charge in [0.05, 0.1) is 24.8 Å². The minimum absolute atomic E-state index is 0.383. The molecule has 2 N–H and O–H groups in total. The SMILES string of the molecule is NCC#Cc1cccc(Cn2ncc3ccccc32)c1. The molecule has 0 fully saturated rings. The lowest BCUT2D eigenvalue weighted by Crippen LogP contribution is -2.01. The molecule has 0 unspecified atom stereocenters. The summed E-state index contributed by atoms with van der Waals surface area (Å²) < 4.78 is 2.00. The highest BCUT2D eigenvalue weighted by Gasteiger charge is 2.02. The second-order valence-corrected chi connectivity index (χ2v) is 4.57. The zero-order valence-electron chi connectivity index (χ0n) is 11.1. The zero-order chi connectivity index (χ0) is 13.8. The average Bonchev–Trinajstić information content (AvgIpc) is 2.89. The largest absolute Gasteiger partial charge is 0.320 e. The first-order chi connectivity index (χ1) is 9.86. The summed E-state index contributed by atoms with van der Waals surface area (Å²) in [6.07, 6.45) is 1.90. The molecule has 1 heterocycles. The van der Waals surface area contributed by atoms with E-state index in [0.717, 1.165) is 23.0 Å². The predicted octanol–water partition coefficient (Wildman–Crippen LogP) is 2.39. The lowest BCUT2D eigenvalue weighted by Gasteiger charge is -2.04. The van der Waals surface area contributed by atoms with Crippen LogP contribution >= 0.6 is 0 Å². The maximum absolute atomic E-state index is 5.40. The minimum atomic E-state index is 0.383. The molecule has 1 aromatic heterocycles. The molecule has 0 bridgehead atoms. The van der Waals surface area contributed by atoms with Crippen LogP contribution < -0.4 is 5.73 Å². The molecule has 0 aliphatic heterocycles. The van der Waals surface area contributed by atoms with Gasteiger partial charge < -0.3 is 5.73 Å². The molecule has 2 aromatic carbocycles. The maximum Gasteiger partial charge on any atom is 0.0686 e. The fourth-order valence-electron chi connectivity index (χ4n) is 2.23. The van der Waals surface area contributed by atoms with Crippen LogP contribution in [0, 0.1) is 11.8 Å². The highest BCUT2D eigenvalue weighted by atomic mass is 15.3. The highest BCUT2D eigenvalue weighted by molar-refractivity contribution is 5.78. The van der Waals surface area contributed by atoms with Gasteiger partial charge in [0.2, 0.25) is 0 Å². The lowest BCUT2D eigenvalue weighted by atomic mass is 10.1. The number of benzene rings is 2. The minimum Gasteiger partial charge on any atom is -0.320 e. The van der Waals surface area contributed by atoms with Gasteiger partial charge in [-0.15, -0.1) is 0 Å². The lowest BCUT2D eigenvalue weighted by molar-refractivity contribution is 0.712. The Hall–Kier alpha value is -2.57. The maximum atomic E-state index is 5.40. The molecule has 0 radical (unpaired) electrons. The molecule has 98 valence electrons. The molecular formula is C17H15N3. The van der Waals surface area contributed by atoms with E-state index in [1.54, 1.807) is 0 Å². The molecule has 3 nitrogen and oxygen atoms in total. The number of fused-ring (bicyclic) bond motifs is 1. The molecule has 0 aliphatic carbocycles. The van der Waals surface area contributed by atoms with Gasteiger partial charge >= 0.3 is 0 Å². The molecule has 20 heavy (non-hydrogen) atoms. The van der Waals surface area contributed by atoms with Crippen molar-refractivity contribution in [3.05, 3.63) is 65.9 Å². The number of rotatable bonds is 2. The van der Waals surface area contributed by atoms with Crippen LogP contribution in [-0.4, -0.2) is 16.3 Å². The van der Waals surface area contributed by atoms with Crippen molar-refractivity contribution in [3.63, 3.8) is 0 Å². The predicted molar refractivity (Wildman–Crippen MR) is 81.2 cm³/mol. The van der Waals surface area contributed by atoms with Gasteiger partial charge in [0.15, 0.2) is 0 Å². The van der Waals surface area contributed by atoms with Gasteiger partial charge in [-0.05, 0) is 23.8 Å². The number of nitrogens with two attached hydrogens (primary N) is 1. The van der Waals surface area contributed by atoms with E-state index in [0.29, 0.717) is 6.54 Å². The van der Waals surface area contributed by atoms with Crippen molar-refractivity contribution in [2.45, 2.75) is 6.54 Å². The van der Waals surface area contributed by atoms with Gasteiger partial charge in [-0.2, -0.15) is 5.10 Å². The van der Waals surface area contributed by atoms with Crippen LogP contribution in [0.5, 0.6) is 0 Å². The number of nitrogens with zero attached hydrogens (tertiary/aromatic N) is 2. The molecule has 0 atom stereocenters. The second-order valence-electron chi connectivity index (χ2n) is 4.57. The van der Waals surface area contributed by atoms with E-state index < -0.39 is 0 Å². The Labute approximate surface area is 118 Å². The summed E-state index contributed by atoms with van der Waals surface area (Å²) in [5.74, 6) is 5.93. The van der Waals surface area contributed by atoms with Crippen LogP contribution in [0.4, 0.5) is 0 Å². The van der Waals surface area contributed by atoms with Gasteiger partial charge in [0, 0.05) is 10.9 Å². The number of hydrogen-bond donors (Lipinski definition) is 1. The third-order valence-electron chi connectivity index (χ3n) is 3.15. The Morgan fingerprint density at radius 1 is 1.10 bits per heavy atom. The number of para-hydroxylation sites is 1. The van der Waals surface area contributed by atoms with Gasteiger partial charge in [0.25, 0.3) is 0 Å². The molecule has 3 heteroatoms. The van der Waals surface area contributed by atoms with E-state index in [1.165, 1.54) is 5.56 Å². The Kier molecular flexibility index (Phi) is 3.49. The highest BCUT2D eigenvalue weighted by Crippen LogP contribution is 2.15. The third-order valence-corrected chi connectivity index (χ3v) is 3.15. The summed E-state index contributed by atoms with van der Waals surface area (Å²) >= 11 is 0. The standard InChI is InChI=1S/C17H15N3/c18-10-4-7-14-5-3-6-15(11-14)13-20-17-9-2-1-8-16(17)12-19-20/h1-3,5-6,8-9,11-12H,10,13,18H2. The fraction of sp³-hybridized carbons (Fsp3) is 0.118. The van der Waals surface area contributed by atoms with Crippen molar-refractivity contribution in [3.8, 4) is 11.8 Å². The molecule has 0 saturated heterocycles. The Balaban J connectivity index is 1.91. The zero-order valence-corrected chi connectivity index (χ0v) is 11.1. The van der Waals surface area contributed by atoms with Gasteiger partial charge in [-0.25, -0.2) is 0 Å². The summed E-state index contributed by atoms with van der Waals surface area (Å²) in [5, 5.41) is 5.60. The van der Waals surface area contributed by atoms with Crippen molar-refractivity contribution in [2.75, 3.05) is 6.54 Å². The van der Waals surface area contributed by atoms with Gasteiger partial charge in [0.1, 0.15) is 0 Å². The monoisotopic (exact) mass is 261 g/mol. The number of aromatic nitrogens is 2. The normalized spacial score (nSPS) is 10.2. The fourth-order valence-corrected chi connectivity index (χ4v) is 2.23. The van der Waals surface area contributed by atoms with E-state index in [4.69, 9.17) is 5.73 Å². The second kappa shape index (κ2) is 5.60. The summed E-state index contributed by atoms with van der Waals surface area (Å²) in [5.41, 5.74) is 8.72. The smallest absolute Gasteiger partial charge is 0.0686 e. The van der Waals surface area contributed by atoms with Crippen molar-refractivity contribution in [1.82, 2.24) is 9.78 Å². The van der Waals surface area contributed by atoms with Crippen molar-refractivity contribution in [2.24, 2.45) is 5.73 Å². The van der Waals surface area contributed by atoms with Gasteiger partial charge in [-0.1, -0.05) is 42.2 Å². The summed E-state index contributed by atoms with van der Waals surface area (Å²) in [4.78, 5) is 0. The topological polar surface area (TPSA) is 43.8 Å². The molecule has 0 amide bonds. The Morgan fingerprint density at radius 2 is 2.00 bits per heavy atom. The summed E-state index contributed by atoms with van der Waals surface area (Å²) in [6, 6.07) is 16.4. The van der Waals surface area contributed by atoms with Crippen molar-refractivity contribution in [1.29, 1.82) is 0 Å². The van der Waals surface area contributed by atoms with Crippen molar-refractivity contribution < 1.29 is 0 Å². The first kappa shape index (κ1) is 12.5. The van der Waals surface area contributed by atoms with E-state index in [-0.39, 0.29) is 0 Å². The molecule has 3 aromatic rings. The van der Waals surface area contributed by atoms with E-state index in [9.17, 15) is 0 Å². The van der Waals surface area contributed by atoms with Gasteiger partial charge in [-0.3, -0.25) is 4.68 Å². The van der Waals surface area contributed by atoms with E-state index in [2.05, 4.69) is 41.2 Å². The Morgan fingerprint density at radius 3 is 2.90 bits per heavy atom. The number of hydrogen-bond acceptors (Lipinski definition) is 2. The average molecular weight is 261 g/mol. The van der Waals surface area contributed by atoms with Crippen LogP contribution in [-0.2, 0) is 6.54 Å². The first-order valence-corrected chi connectivity index (χ1v) is 6.55. The molecule has 0 saturated carbocycles. The molecular weight excluding hydrogens is 246 g/mol. The summed E-state index contributed by atoms with van der Waals surface area (Å²) in [6.45, 7) is 1.12.